The Morgan fingerprint density at radius 2 is 1.64 bits per heavy atom. The van der Waals surface area contributed by atoms with Gasteiger partial charge in [0.25, 0.3) is 5.91 Å². The standard InChI is InChI=1S/C7H11N3O5.C2HF3O2/c8-2(7(13)14)1-10-6(12)4-3(15-4)5(9)11;3-2(4,5)1(6)7/h2-4H,1,8H2,(H2,9,11)(H,10,12)(H,13,14);(H,6,7)/t2-,3+,4+;/m0./s1. The Labute approximate surface area is 120 Å². The topological polar surface area (TPSA) is 185 Å². The van der Waals surface area contributed by atoms with Gasteiger partial charge >= 0.3 is 18.1 Å². The van der Waals surface area contributed by atoms with Gasteiger partial charge in [-0.2, -0.15) is 13.2 Å². The highest BCUT2D eigenvalue weighted by Crippen LogP contribution is 2.21. The number of rotatable bonds is 5. The minimum atomic E-state index is -5.08. The van der Waals surface area contributed by atoms with Crippen LogP contribution in [0.4, 0.5) is 13.2 Å². The molecule has 0 aromatic carbocycles. The van der Waals surface area contributed by atoms with Crippen LogP contribution in [0.25, 0.3) is 0 Å². The summed E-state index contributed by atoms with van der Waals surface area (Å²) in [4.78, 5) is 40.9. The van der Waals surface area contributed by atoms with Crippen LogP contribution in [-0.2, 0) is 23.9 Å². The van der Waals surface area contributed by atoms with Crippen LogP contribution in [-0.4, -0.2) is 64.9 Å². The second-order valence-corrected chi connectivity index (χ2v) is 3.87. The summed E-state index contributed by atoms with van der Waals surface area (Å²) >= 11 is 0. The van der Waals surface area contributed by atoms with Gasteiger partial charge in [-0.05, 0) is 0 Å². The Hall–Kier alpha value is -2.41. The highest BCUT2D eigenvalue weighted by atomic mass is 19.4. The van der Waals surface area contributed by atoms with E-state index in [1.807, 2.05) is 0 Å². The first-order valence-electron chi connectivity index (χ1n) is 5.39. The molecule has 10 nitrogen and oxygen atoms in total. The first-order valence-corrected chi connectivity index (χ1v) is 5.39. The molecule has 1 aliphatic rings. The molecule has 0 aliphatic carbocycles. The summed E-state index contributed by atoms with van der Waals surface area (Å²) in [5.41, 5.74) is 10.0. The number of hydrogen-bond acceptors (Lipinski definition) is 6. The lowest BCUT2D eigenvalue weighted by molar-refractivity contribution is -0.192. The summed E-state index contributed by atoms with van der Waals surface area (Å²) in [5.74, 6) is -5.29. The van der Waals surface area contributed by atoms with Crippen LogP contribution in [0.1, 0.15) is 0 Å². The zero-order chi connectivity index (χ0) is 17.7. The Morgan fingerprint density at radius 3 is 1.91 bits per heavy atom. The van der Waals surface area contributed by atoms with E-state index < -0.39 is 48.2 Å². The third kappa shape index (κ3) is 6.85. The number of nitrogens with one attached hydrogen (secondary N) is 1. The summed E-state index contributed by atoms with van der Waals surface area (Å²) in [6, 6.07) is -1.18. The van der Waals surface area contributed by atoms with Crippen molar-refractivity contribution in [1.29, 1.82) is 0 Å². The second kappa shape index (κ2) is 7.56. The number of carbonyl (C=O) groups is 4. The number of nitrogens with two attached hydrogens (primary N) is 2. The third-order valence-electron chi connectivity index (χ3n) is 2.09. The number of ether oxygens (including phenoxy) is 1. The molecule has 1 aliphatic heterocycles. The third-order valence-corrected chi connectivity index (χ3v) is 2.09. The Balaban J connectivity index is 0.000000534. The van der Waals surface area contributed by atoms with Crippen molar-refractivity contribution in [2.75, 3.05) is 6.54 Å². The van der Waals surface area contributed by atoms with Crippen LogP contribution in [0, 0.1) is 0 Å². The highest BCUT2D eigenvalue weighted by Gasteiger charge is 2.49. The van der Waals surface area contributed by atoms with E-state index in [9.17, 15) is 27.6 Å². The van der Waals surface area contributed by atoms with Crippen molar-refractivity contribution in [3.63, 3.8) is 0 Å². The molecule has 7 N–H and O–H groups in total. The van der Waals surface area contributed by atoms with Gasteiger partial charge in [-0.1, -0.05) is 0 Å². The van der Waals surface area contributed by atoms with E-state index in [1.54, 1.807) is 0 Å². The smallest absolute Gasteiger partial charge is 0.480 e. The maximum atomic E-state index is 11.2. The van der Waals surface area contributed by atoms with Gasteiger partial charge < -0.3 is 31.7 Å². The maximum Gasteiger partial charge on any atom is 0.490 e. The van der Waals surface area contributed by atoms with Crippen LogP contribution in [0.5, 0.6) is 0 Å². The molecule has 126 valence electrons. The fraction of sp³-hybridized carbons (Fsp3) is 0.556. The molecule has 0 aromatic rings. The molecule has 0 bridgehead atoms. The van der Waals surface area contributed by atoms with Crippen LogP contribution >= 0.6 is 0 Å². The lowest BCUT2D eigenvalue weighted by Gasteiger charge is -2.06. The van der Waals surface area contributed by atoms with Gasteiger partial charge in [-0.15, -0.1) is 0 Å². The van der Waals surface area contributed by atoms with Gasteiger partial charge in [0.15, 0.2) is 12.2 Å². The van der Waals surface area contributed by atoms with Gasteiger partial charge in [0.05, 0.1) is 0 Å². The van der Waals surface area contributed by atoms with Gasteiger partial charge in [-0.3, -0.25) is 14.4 Å². The minimum absolute atomic E-state index is 0.223. The van der Waals surface area contributed by atoms with E-state index in [0.29, 0.717) is 0 Å². The van der Waals surface area contributed by atoms with E-state index in [4.69, 9.17) is 26.5 Å². The number of hydrogen-bond donors (Lipinski definition) is 5. The molecule has 2 amide bonds. The average molecular weight is 331 g/mol. The van der Waals surface area contributed by atoms with Crippen LogP contribution in [0.3, 0.4) is 0 Å². The summed E-state index contributed by atoms with van der Waals surface area (Å²) in [5, 5.41) is 17.8. The van der Waals surface area contributed by atoms with Crippen molar-refractivity contribution in [1.82, 2.24) is 5.32 Å². The van der Waals surface area contributed by atoms with Crippen LogP contribution < -0.4 is 16.8 Å². The second-order valence-electron chi connectivity index (χ2n) is 3.87. The van der Waals surface area contributed by atoms with Gasteiger partial charge in [0.2, 0.25) is 5.91 Å². The van der Waals surface area contributed by atoms with Crippen molar-refractivity contribution < 1.29 is 47.3 Å². The van der Waals surface area contributed by atoms with Crippen molar-refractivity contribution in [3.8, 4) is 0 Å². The predicted octanol–water partition coefficient (Wildman–Crippen LogP) is -2.60. The quantitative estimate of drug-likeness (QED) is 0.339. The lowest BCUT2D eigenvalue weighted by atomic mass is 10.2. The van der Waals surface area contributed by atoms with Gasteiger partial charge in [0.1, 0.15) is 6.04 Å². The molecule has 1 heterocycles. The summed E-state index contributed by atoms with van der Waals surface area (Å²) in [6.45, 7) is -0.223. The van der Waals surface area contributed by atoms with Crippen molar-refractivity contribution in [3.05, 3.63) is 0 Å². The molecule has 3 atom stereocenters. The first-order chi connectivity index (χ1) is 9.87. The molecule has 0 unspecified atom stereocenters. The average Bonchev–Trinajstić information content (AvgIpc) is 3.15. The molecule has 22 heavy (non-hydrogen) atoms. The van der Waals surface area contributed by atoms with Crippen LogP contribution in [0.15, 0.2) is 0 Å². The number of epoxide rings is 1. The molecule has 0 aromatic heterocycles. The van der Waals surface area contributed by atoms with Gasteiger partial charge in [-0.25, -0.2) is 4.79 Å². The first kappa shape index (κ1) is 19.6. The molecule has 1 fully saturated rings. The highest BCUT2D eigenvalue weighted by molar-refractivity contribution is 5.94. The number of halogens is 3. The number of carboxylic acids is 2. The largest absolute Gasteiger partial charge is 0.490 e. The molecule has 13 heteroatoms. The number of primary amides is 1. The maximum absolute atomic E-state index is 11.2. The number of aliphatic carboxylic acids is 2. The molecule has 0 radical (unpaired) electrons. The van der Waals surface area contributed by atoms with Gasteiger partial charge in [0, 0.05) is 6.54 Å². The fourth-order valence-corrected chi connectivity index (χ4v) is 0.927. The van der Waals surface area contributed by atoms with E-state index in [2.05, 4.69) is 10.1 Å². The number of carbonyl (C=O) groups excluding carboxylic acids is 2. The van der Waals surface area contributed by atoms with Crippen molar-refractivity contribution in [2.24, 2.45) is 11.5 Å². The molecule has 1 rings (SSSR count). The summed E-state index contributed by atoms with van der Waals surface area (Å²) < 4.78 is 36.4. The number of carboxylic acid groups (broad SMARTS) is 2. The molecule has 0 saturated carbocycles. The normalized spacial score (nSPS) is 20.9. The van der Waals surface area contributed by atoms with Crippen LogP contribution in [0.2, 0.25) is 0 Å². The fourth-order valence-electron chi connectivity index (χ4n) is 0.927. The predicted molar refractivity (Wildman–Crippen MR) is 60.2 cm³/mol. The summed E-state index contributed by atoms with van der Waals surface area (Å²) in [6.07, 6.45) is -6.91. The lowest BCUT2D eigenvalue weighted by Crippen LogP contribution is -2.44. The van der Waals surface area contributed by atoms with E-state index in [0.717, 1.165) is 0 Å². The SMILES string of the molecule is NC(=O)[C@@H]1O[C@H]1C(=O)NC[C@H](N)C(=O)O.O=C(O)C(F)(F)F. The monoisotopic (exact) mass is 331 g/mol. The molecular weight excluding hydrogens is 319 g/mol. The minimum Gasteiger partial charge on any atom is -0.480 e. The molecular formula is C9H12F3N3O7. The zero-order valence-electron chi connectivity index (χ0n) is 10.7. The van der Waals surface area contributed by atoms with Crippen molar-refractivity contribution in [2.45, 2.75) is 24.4 Å². The van der Waals surface area contributed by atoms with E-state index in [1.165, 1.54) is 0 Å². The Kier molecular flexibility index (Phi) is 6.73. The number of alkyl halides is 3. The molecule has 0 spiro atoms. The molecule has 1 saturated heterocycles. The van der Waals surface area contributed by atoms with E-state index in [-0.39, 0.29) is 6.54 Å². The van der Waals surface area contributed by atoms with E-state index >= 15 is 0 Å². The summed E-state index contributed by atoms with van der Waals surface area (Å²) in [7, 11) is 0. The van der Waals surface area contributed by atoms with Crippen molar-refractivity contribution >= 4 is 23.8 Å². The Morgan fingerprint density at radius 1 is 1.18 bits per heavy atom. The Bertz CT molecular complexity index is 468. The number of amides is 2. The zero-order valence-corrected chi connectivity index (χ0v) is 10.7.